The highest BCUT2D eigenvalue weighted by Crippen LogP contribution is 2.31. The molecule has 0 saturated carbocycles. The molecule has 10 nitrogen and oxygen atoms in total. The van der Waals surface area contributed by atoms with Crippen LogP contribution < -0.4 is 10.6 Å². The van der Waals surface area contributed by atoms with Crippen LogP contribution in [-0.4, -0.2) is 50.4 Å². The van der Waals surface area contributed by atoms with E-state index in [4.69, 9.17) is 9.40 Å². The first-order valence-corrected chi connectivity index (χ1v) is 16.2. The van der Waals surface area contributed by atoms with Crippen LogP contribution in [0.15, 0.2) is 52.6 Å². The van der Waals surface area contributed by atoms with Crippen LogP contribution in [0.2, 0.25) is 0 Å². The summed E-state index contributed by atoms with van der Waals surface area (Å²) in [6.45, 7) is 14.7. The van der Waals surface area contributed by atoms with E-state index in [9.17, 15) is 14.9 Å². The molecule has 11 heteroatoms. The van der Waals surface area contributed by atoms with Gasteiger partial charge in [0.05, 0.1) is 33.0 Å². The highest BCUT2D eigenvalue weighted by Gasteiger charge is 2.32. The molecule has 1 aliphatic heterocycles. The Morgan fingerprint density at radius 1 is 1.24 bits per heavy atom. The molecule has 0 aliphatic carbocycles. The van der Waals surface area contributed by atoms with Crippen molar-refractivity contribution >= 4 is 40.1 Å². The molecule has 1 aromatic carbocycles. The molecule has 5 rings (SSSR count). The number of nitriles is 1. The average Bonchev–Trinajstić information content (AvgIpc) is 3.78. The lowest BCUT2D eigenvalue weighted by Gasteiger charge is -2.26. The quantitative estimate of drug-likeness (QED) is 0.151. The summed E-state index contributed by atoms with van der Waals surface area (Å²) in [6, 6.07) is 11.7. The number of anilines is 1. The number of aryl methyl sites for hydroxylation is 1. The number of likely N-dealkylation sites (tertiary alicyclic amines) is 1. The fourth-order valence-corrected chi connectivity index (χ4v) is 6.38. The fraction of sp³-hybridized carbons (Fsp3) is 0.441. The third-order valence-corrected chi connectivity index (χ3v) is 8.67. The minimum atomic E-state index is -0.302. The number of allylic oxidation sites excluding steroid dienone is 1. The van der Waals surface area contributed by atoms with Gasteiger partial charge in [0.2, 0.25) is 5.95 Å². The minimum Gasteiger partial charge on any atom is -0.440 e. The van der Waals surface area contributed by atoms with Crippen LogP contribution in [0.1, 0.15) is 68.6 Å². The third-order valence-electron chi connectivity index (χ3n) is 7.57. The summed E-state index contributed by atoms with van der Waals surface area (Å²) in [5, 5.41) is 16.3. The molecule has 45 heavy (non-hydrogen) atoms. The maximum Gasteiger partial charge on any atom is 0.268 e. The molecule has 2 N–H and O–H groups in total. The zero-order chi connectivity index (χ0) is 32.3. The van der Waals surface area contributed by atoms with E-state index in [0.29, 0.717) is 48.0 Å². The van der Waals surface area contributed by atoms with Crippen LogP contribution in [0.5, 0.6) is 0 Å². The van der Waals surface area contributed by atoms with E-state index in [-0.39, 0.29) is 28.8 Å². The van der Waals surface area contributed by atoms with Gasteiger partial charge in [0.15, 0.2) is 11.7 Å². The van der Waals surface area contributed by atoms with Crippen LogP contribution in [-0.2, 0) is 17.9 Å². The summed E-state index contributed by atoms with van der Waals surface area (Å²) in [7, 11) is 0. The van der Waals surface area contributed by atoms with Crippen molar-refractivity contribution in [3.05, 3.63) is 64.5 Å². The lowest BCUT2D eigenvalue weighted by atomic mass is 9.93. The SMILES string of the molecule is Cc1ncc(-c2ccc(C(=O)Nc3nc4cc(CNCC(C)C)ccc4n3C[C@H]3CCCN3C(=O)C(C#N)=CC(C)(C)C)s2)o1. The molecule has 4 aromatic rings. The first kappa shape index (κ1) is 32.1. The first-order valence-electron chi connectivity index (χ1n) is 15.4. The summed E-state index contributed by atoms with van der Waals surface area (Å²) in [5.41, 5.74) is 2.59. The second-order valence-corrected chi connectivity index (χ2v) is 14.2. The van der Waals surface area contributed by atoms with Crippen LogP contribution in [0.3, 0.4) is 0 Å². The Kier molecular flexibility index (Phi) is 9.56. The molecule has 1 saturated heterocycles. The molecule has 0 spiro atoms. The van der Waals surface area contributed by atoms with Gasteiger partial charge in [-0.3, -0.25) is 14.9 Å². The lowest BCUT2D eigenvalue weighted by molar-refractivity contribution is -0.127. The van der Waals surface area contributed by atoms with Crippen LogP contribution in [0.25, 0.3) is 21.7 Å². The van der Waals surface area contributed by atoms with E-state index >= 15 is 0 Å². The number of hydrogen-bond donors (Lipinski definition) is 2. The number of nitrogens with one attached hydrogen (secondary N) is 2. The van der Waals surface area contributed by atoms with Gasteiger partial charge in [-0.1, -0.05) is 46.8 Å². The van der Waals surface area contributed by atoms with Crippen LogP contribution in [0, 0.1) is 29.6 Å². The van der Waals surface area contributed by atoms with Gasteiger partial charge < -0.3 is 19.2 Å². The summed E-state index contributed by atoms with van der Waals surface area (Å²) in [4.78, 5) is 39.2. The van der Waals surface area contributed by atoms with Crippen molar-refractivity contribution < 1.29 is 14.0 Å². The number of amides is 2. The van der Waals surface area contributed by atoms with Gasteiger partial charge in [0.25, 0.3) is 11.8 Å². The molecule has 0 bridgehead atoms. The first-order chi connectivity index (χ1) is 21.4. The molecular weight excluding hydrogens is 586 g/mol. The number of aromatic nitrogens is 3. The maximum atomic E-state index is 13.5. The van der Waals surface area contributed by atoms with Gasteiger partial charge in [-0.05, 0) is 60.5 Å². The molecular formula is C34H41N7O3S. The second-order valence-electron chi connectivity index (χ2n) is 13.1. The second kappa shape index (κ2) is 13.4. The van der Waals surface area contributed by atoms with Crippen molar-refractivity contribution in [2.45, 2.75) is 73.5 Å². The van der Waals surface area contributed by atoms with E-state index in [0.717, 1.165) is 40.9 Å². The molecule has 0 radical (unpaired) electrons. The van der Waals surface area contributed by atoms with E-state index in [1.807, 2.05) is 43.5 Å². The number of imidazole rings is 1. The monoisotopic (exact) mass is 627 g/mol. The van der Waals surface area contributed by atoms with Gasteiger partial charge in [0.1, 0.15) is 11.6 Å². The Bertz CT molecular complexity index is 1770. The van der Waals surface area contributed by atoms with Crippen molar-refractivity contribution in [2.24, 2.45) is 11.3 Å². The van der Waals surface area contributed by atoms with Crippen molar-refractivity contribution in [1.29, 1.82) is 5.26 Å². The number of hydrogen-bond acceptors (Lipinski definition) is 8. The number of nitrogens with zero attached hydrogens (tertiary/aromatic N) is 5. The Balaban J connectivity index is 1.45. The maximum absolute atomic E-state index is 13.5. The summed E-state index contributed by atoms with van der Waals surface area (Å²) >= 11 is 1.32. The van der Waals surface area contributed by atoms with Gasteiger partial charge >= 0.3 is 0 Å². The number of oxazole rings is 1. The van der Waals surface area contributed by atoms with Crippen LogP contribution >= 0.6 is 11.3 Å². The normalized spacial score (nSPS) is 15.6. The molecule has 4 heterocycles. The van der Waals surface area contributed by atoms with E-state index in [1.165, 1.54) is 11.3 Å². The van der Waals surface area contributed by atoms with Gasteiger partial charge in [-0.15, -0.1) is 11.3 Å². The number of fused-ring (bicyclic) bond motifs is 1. The fourth-order valence-electron chi connectivity index (χ4n) is 5.53. The number of carbonyl (C=O) groups excluding carboxylic acids is 2. The smallest absolute Gasteiger partial charge is 0.268 e. The number of carbonyl (C=O) groups is 2. The summed E-state index contributed by atoms with van der Waals surface area (Å²) < 4.78 is 7.63. The summed E-state index contributed by atoms with van der Waals surface area (Å²) in [5.74, 6) is 1.60. The molecule has 1 atom stereocenters. The average molecular weight is 628 g/mol. The molecule has 236 valence electrons. The number of thiophene rings is 1. The van der Waals surface area contributed by atoms with Crippen LogP contribution in [0.4, 0.5) is 5.95 Å². The van der Waals surface area contributed by atoms with Crippen molar-refractivity contribution in [2.75, 3.05) is 18.4 Å². The van der Waals surface area contributed by atoms with E-state index < -0.39 is 0 Å². The molecule has 1 fully saturated rings. The number of benzene rings is 1. The molecule has 0 unspecified atom stereocenters. The lowest BCUT2D eigenvalue weighted by Crippen LogP contribution is -2.39. The molecule has 1 aliphatic rings. The highest BCUT2D eigenvalue weighted by atomic mass is 32.1. The third kappa shape index (κ3) is 7.70. The van der Waals surface area contributed by atoms with E-state index in [1.54, 1.807) is 30.2 Å². The minimum absolute atomic E-state index is 0.155. The van der Waals surface area contributed by atoms with Gasteiger partial charge in [-0.2, -0.15) is 5.26 Å². The summed E-state index contributed by atoms with van der Waals surface area (Å²) in [6.07, 6.45) is 5.02. The largest absolute Gasteiger partial charge is 0.440 e. The molecule has 2 amide bonds. The predicted molar refractivity (Wildman–Crippen MR) is 177 cm³/mol. The zero-order valence-electron chi connectivity index (χ0n) is 26.8. The highest BCUT2D eigenvalue weighted by molar-refractivity contribution is 7.17. The Morgan fingerprint density at radius 3 is 2.73 bits per heavy atom. The number of rotatable bonds is 10. The van der Waals surface area contributed by atoms with Crippen molar-refractivity contribution in [3.8, 4) is 16.7 Å². The standard InChI is InChI=1S/C34H41N7O3S/c1-21(2)17-36-18-23-9-10-27-26(14-23)38-33(39-31(42)30-12-11-29(45-30)28-19-37-22(3)44-28)41(27)20-25-8-7-13-40(25)32(43)24(16-35)15-34(4,5)6/h9-12,14-15,19,21,25,36H,7-8,13,17-18,20H2,1-6H3,(H,38,39,42)/t25-/m1/s1. The van der Waals surface area contributed by atoms with Gasteiger partial charge in [-0.25, -0.2) is 9.97 Å². The molecule has 3 aromatic heterocycles. The van der Waals surface area contributed by atoms with Gasteiger partial charge in [0, 0.05) is 26.6 Å². The van der Waals surface area contributed by atoms with Crippen molar-refractivity contribution in [3.63, 3.8) is 0 Å². The zero-order valence-corrected chi connectivity index (χ0v) is 27.6. The van der Waals surface area contributed by atoms with Crippen molar-refractivity contribution in [1.82, 2.24) is 24.8 Å². The Hall–Kier alpha value is -4.27. The van der Waals surface area contributed by atoms with E-state index in [2.05, 4.69) is 41.6 Å². The Morgan fingerprint density at radius 2 is 2.04 bits per heavy atom. The topological polar surface area (TPSA) is 129 Å². The Labute approximate surface area is 268 Å². The predicted octanol–water partition coefficient (Wildman–Crippen LogP) is 6.55.